The molecular formula is C12H12F3N3O. The van der Waals surface area contributed by atoms with Gasteiger partial charge in [-0.15, -0.1) is 5.10 Å². The minimum atomic E-state index is -4.44. The first-order chi connectivity index (χ1) is 9.02. The largest absolute Gasteiger partial charge is 0.418 e. The third kappa shape index (κ3) is 3.11. The molecule has 0 amide bonds. The van der Waals surface area contributed by atoms with Crippen LogP contribution >= 0.6 is 0 Å². The summed E-state index contributed by atoms with van der Waals surface area (Å²) in [5.41, 5.74) is -0.266. The first-order valence-corrected chi connectivity index (χ1v) is 5.71. The molecule has 7 heteroatoms. The number of aromatic nitrogens is 3. The van der Waals surface area contributed by atoms with Crippen LogP contribution in [0.3, 0.4) is 0 Å². The molecule has 0 atom stereocenters. The standard InChI is InChI=1S/C12H12F3N3O/c13-12(14,15)10-5-1-2-6-11(10)18-8-9(16-17-18)4-3-7-19/h1-2,5-6,8,19H,3-4,7H2. The van der Waals surface area contributed by atoms with Gasteiger partial charge in [0.1, 0.15) is 0 Å². The van der Waals surface area contributed by atoms with E-state index in [0.29, 0.717) is 18.5 Å². The highest BCUT2D eigenvalue weighted by molar-refractivity contribution is 5.42. The zero-order chi connectivity index (χ0) is 13.9. The van der Waals surface area contributed by atoms with Gasteiger partial charge in [-0.05, 0) is 25.0 Å². The first-order valence-electron chi connectivity index (χ1n) is 5.71. The third-order valence-corrected chi connectivity index (χ3v) is 2.59. The van der Waals surface area contributed by atoms with Gasteiger partial charge in [-0.2, -0.15) is 13.2 Å². The average Bonchev–Trinajstić information content (AvgIpc) is 2.84. The molecule has 0 saturated carbocycles. The van der Waals surface area contributed by atoms with Gasteiger partial charge in [0.05, 0.1) is 23.1 Å². The number of halogens is 3. The molecule has 0 fully saturated rings. The van der Waals surface area contributed by atoms with Gasteiger partial charge in [-0.1, -0.05) is 17.3 Å². The van der Waals surface area contributed by atoms with Crippen LogP contribution in [-0.4, -0.2) is 26.7 Å². The van der Waals surface area contributed by atoms with Crippen LogP contribution in [0.2, 0.25) is 0 Å². The highest BCUT2D eigenvalue weighted by atomic mass is 19.4. The second-order valence-corrected chi connectivity index (χ2v) is 4.00. The van der Waals surface area contributed by atoms with Crippen molar-refractivity contribution in [1.29, 1.82) is 0 Å². The molecule has 102 valence electrons. The molecule has 0 aliphatic heterocycles. The van der Waals surface area contributed by atoms with Crippen molar-refractivity contribution in [3.63, 3.8) is 0 Å². The maximum absolute atomic E-state index is 12.8. The van der Waals surface area contributed by atoms with Crippen molar-refractivity contribution >= 4 is 0 Å². The van der Waals surface area contributed by atoms with Gasteiger partial charge in [-0.25, -0.2) is 4.68 Å². The Labute approximate surface area is 107 Å². The van der Waals surface area contributed by atoms with E-state index >= 15 is 0 Å². The van der Waals surface area contributed by atoms with Crippen LogP contribution in [-0.2, 0) is 12.6 Å². The number of nitrogens with zero attached hydrogens (tertiary/aromatic N) is 3. The maximum Gasteiger partial charge on any atom is 0.418 e. The summed E-state index contributed by atoms with van der Waals surface area (Å²) in [5, 5.41) is 16.2. The van der Waals surface area contributed by atoms with Gasteiger partial charge in [-0.3, -0.25) is 0 Å². The van der Waals surface area contributed by atoms with Gasteiger partial charge in [0.25, 0.3) is 0 Å². The number of para-hydroxylation sites is 1. The second kappa shape index (κ2) is 5.40. The molecule has 19 heavy (non-hydrogen) atoms. The fourth-order valence-corrected chi connectivity index (χ4v) is 1.70. The zero-order valence-corrected chi connectivity index (χ0v) is 9.93. The molecule has 0 aliphatic rings. The Hall–Kier alpha value is -1.89. The number of hydrogen-bond donors (Lipinski definition) is 1. The van der Waals surface area contributed by atoms with Crippen molar-refractivity contribution < 1.29 is 18.3 Å². The van der Waals surface area contributed by atoms with E-state index in [9.17, 15) is 13.2 Å². The number of alkyl halides is 3. The predicted molar refractivity (Wildman–Crippen MR) is 61.8 cm³/mol. The summed E-state index contributed by atoms with van der Waals surface area (Å²) in [6.45, 7) is 0.00595. The lowest BCUT2D eigenvalue weighted by atomic mass is 10.1. The van der Waals surface area contributed by atoms with Crippen LogP contribution < -0.4 is 0 Å². The fraction of sp³-hybridized carbons (Fsp3) is 0.333. The Kier molecular flexibility index (Phi) is 3.84. The Balaban J connectivity index is 2.34. The predicted octanol–water partition coefficient (Wildman–Crippen LogP) is 2.21. The van der Waals surface area contributed by atoms with E-state index in [1.165, 1.54) is 24.4 Å². The third-order valence-electron chi connectivity index (χ3n) is 2.59. The van der Waals surface area contributed by atoms with Crippen molar-refractivity contribution in [3.8, 4) is 5.69 Å². The van der Waals surface area contributed by atoms with E-state index < -0.39 is 11.7 Å². The van der Waals surface area contributed by atoms with Gasteiger partial charge in [0, 0.05) is 6.61 Å². The highest BCUT2D eigenvalue weighted by Crippen LogP contribution is 2.33. The molecule has 4 nitrogen and oxygen atoms in total. The van der Waals surface area contributed by atoms with Gasteiger partial charge in [0.15, 0.2) is 0 Å². The fourth-order valence-electron chi connectivity index (χ4n) is 1.70. The van der Waals surface area contributed by atoms with Crippen molar-refractivity contribution in [2.45, 2.75) is 19.0 Å². The number of aliphatic hydroxyl groups excluding tert-OH is 1. The van der Waals surface area contributed by atoms with Gasteiger partial charge in [0.2, 0.25) is 0 Å². The van der Waals surface area contributed by atoms with Crippen LogP contribution in [0.4, 0.5) is 13.2 Å². The van der Waals surface area contributed by atoms with E-state index in [2.05, 4.69) is 10.3 Å². The van der Waals surface area contributed by atoms with Crippen LogP contribution in [0.5, 0.6) is 0 Å². The summed E-state index contributed by atoms with van der Waals surface area (Å²) in [6, 6.07) is 5.19. The minimum Gasteiger partial charge on any atom is -0.396 e. The number of aryl methyl sites for hydroxylation is 1. The lowest BCUT2D eigenvalue weighted by Crippen LogP contribution is -2.10. The van der Waals surface area contributed by atoms with Crippen molar-refractivity contribution in [1.82, 2.24) is 15.0 Å². The van der Waals surface area contributed by atoms with Gasteiger partial charge >= 0.3 is 6.18 Å². The number of benzene rings is 1. The number of rotatable bonds is 4. The topological polar surface area (TPSA) is 50.9 Å². The highest BCUT2D eigenvalue weighted by Gasteiger charge is 2.33. The molecule has 1 aromatic heterocycles. The van der Waals surface area contributed by atoms with Gasteiger partial charge < -0.3 is 5.11 Å². The molecular weight excluding hydrogens is 259 g/mol. The molecule has 1 heterocycles. The molecule has 1 aromatic carbocycles. The molecule has 0 saturated heterocycles. The Morgan fingerprint density at radius 1 is 1.21 bits per heavy atom. The van der Waals surface area contributed by atoms with Crippen molar-refractivity contribution in [2.24, 2.45) is 0 Å². The monoisotopic (exact) mass is 271 g/mol. The Bertz CT molecular complexity index is 551. The smallest absolute Gasteiger partial charge is 0.396 e. The molecule has 0 bridgehead atoms. The summed E-state index contributed by atoms with van der Waals surface area (Å²) in [5.74, 6) is 0. The molecule has 2 rings (SSSR count). The normalized spacial score (nSPS) is 11.8. The van der Waals surface area contributed by atoms with E-state index in [1.807, 2.05) is 0 Å². The molecule has 0 aliphatic carbocycles. The molecule has 1 N–H and O–H groups in total. The number of hydrogen-bond acceptors (Lipinski definition) is 3. The van der Waals surface area contributed by atoms with Crippen LogP contribution in [0, 0.1) is 0 Å². The summed E-state index contributed by atoms with van der Waals surface area (Å²) in [7, 11) is 0. The summed E-state index contributed by atoms with van der Waals surface area (Å²) < 4.78 is 39.7. The summed E-state index contributed by atoms with van der Waals surface area (Å²) in [6.07, 6.45) is -2.02. The van der Waals surface area contributed by atoms with E-state index in [4.69, 9.17) is 5.11 Å². The summed E-state index contributed by atoms with van der Waals surface area (Å²) in [4.78, 5) is 0. The van der Waals surface area contributed by atoms with Crippen molar-refractivity contribution in [2.75, 3.05) is 6.61 Å². The number of aliphatic hydroxyl groups is 1. The molecule has 0 unspecified atom stereocenters. The van der Waals surface area contributed by atoms with E-state index in [-0.39, 0.29) is 12.3 Å². The minimum absolute atomic E-state index is 0.00595. The van der Waals surface area contributed by atoms with Crippen LogP contribution in [0.1, 0.15) is 17.7 Å². The Morgan fingerprint density at radius 3 is 2.63 bits per heavy atom. The lowest BCUT2D eigenvalue weighted by molar-refractivity contribution is -0.137. The quantitative estimate of drug-likeness (QED) is 0.927. The second-order valence-electron chi connectivity index (χ2n) is 4.00. The molecule has 0 spiro atoms. The molecule has 0 radical (unpaired) electrons. The van der Waals surface area contributed by atoms with Crippen LogP contribution in [0.15, 0.2) is 30.5 Å². The SMILES string of the molecule is OCCCc1cn(-c2ccccc2C(F)(F)F)nn1. The molecule has 2 aromatic rings. The average molecular weight is 271 g/mol. The zero-order valence-electron chi connectivity index (χ0n) is 9.93. The maximum atomic E-state index is 12.8. The van der Waals surface area contributed by atoms with Crippen LogP contribution in [0.25, 0.3) is 5.69 Å². The Morgan fingerprint density at radius 2 is 1.95 bits per heavy atom. The van der Waals surface area contributed by atoms with Crippen molar-refractivity contribution in [3.05, 3.63) is 41.7 Å². The lowest BCUT2D eigenvalue weighted by Gasteiger charge is -2.11. The van der Waals surface area contributed by atoms with E-state index in [1.54, 1.807) is 0 Å². The van der Waals surface area contributed by atoms with E-state index in [0.717, 1.165) is 10.7 Å². The summed E-state index contributed by atoms with van der Waals surface area (Å²) >= 11 is 0. The first kappa shape index (κ1) is 13.5.